The number of aromatic nitrogens is 2. The monoisotopic (exact) mass is 208 g/mol. The van der Waals surface area contributed by atoms with E-state index < -0.39 is 0 Å². The molecule has 2 aromatic rings. The summed E-state index contributed by atoms with van der Waals surface area (Å²) < 4.78 is 5.12. The first kappa shape index (κ1) is 8.90. The van der Waals surface area contributed by atoms with Crippen LogP contribution in [0, 0.1) is 0 Å². The van der Waals surface area contributed by atoms with Crippen LogP contribution in [0.1, 0.15) is 10.4 Å². The lowest BCUT2D eigenvalue weighted by molar-refractivity contribution is 0.112. The van der Waals surface area contributed by atoms with Gasteiger partial charge in [0.05, 0.1) is 5.56 Å². The van der Waals surface area contributed by atoms with E-state index in [1.54, 1.807) is 12.1 Å². The fourth-order valence-corrected chi connectivity index (χ4v) is 1.17. The number of hydrogen-bond donors (Lipinski definition) is 0. The first-order chi connectivity index (χ1) is 6.79. The van der Waals surface area contributed by atoms with Crippen LogP contribution in [0.15, 0.2) is 29.0 Å². The SMILES string of the molecule is O=Cc1coc(-c2ccnc(Cl)n2)c1. The molecule has 0 fully saturated rings. The standard InChI is InChI=1S/C9H5ClN2O2/c10-9-11-2-1-7(12-9)8-3-6(4-13)5-14-8/h1-5H. The third-order valence-electron chi connectivity index (χ3n) is 1.63. The number of rotatable bonds is 2. The van der Waals surface area contributed by atoms with Crippen molar-refractivity contribution < 1.29 is 9.21 Å². The Labute approximate surface area is 84.6 Å². The molecule has 0 saturated heterocycles. The Hall–Kier alpha value is -1.68. The van der Waals surface area contributed by atoms with Crippen molar-refractivity contribution >= 4 is 17.9 Å². The number of nitrogens with zero attached hydrogens (tertiary/aromatic N) is 2. The van der Waals surface area contributed by atoms with Gasteiger partial charge in [0.1, 0.15) is 12.0 Å². The molecule has 2 rings (SSSR count). The second-order valence-corrected chi connectivity index (χ2v) is 2.91. The van der Waals surface area contributed by atoms with E-state index in [1.165, 1.54) is 12.5 Å². The summed E-state index contributed by atoms with van der Waals surface area (Å²) in [6.45, 7) is 0. The van der Waals surface area contributed by atoms with E-state index in [9.17, 15) is 4.79 Å². The maximum absolute atomic E-state index is 10.4. The Bertz CT molecular complexity index is 467. The molecule has 0 aliphatic rings. The maximum Gasteiger partial charge on any atom is 0.222 e. The molecule has 0 atom stereocenters. The number of carbonyl (C=O) groups is 1. The zero-order chi connectivity index (χ0) is 9.97. The van der Waals surface area contributed by atoms with Gasteiger partial charge in [0.15, 0.2) is 12.0 Å². The van der Waals surface area contributed by atoms with Crippen molar-refractivity contribution in [2.24, 2.45) is 0 Å². The van der Waals surface area contributed by atoms with Crippen molar-refractivity contribution in [3.8, 4) is 11.5 Å². The lowest BCUT2D eigenvalue weighted by atomic mass is 10.3. The summed E-state index contributed by atoms with van der Waals surface area (Å²) in [5.41, 5.74) is 1.02. The van der Waals surface area contributed by atoms with Crippen molar-refractivity contribution in [1.29, 1.82) is 0 Å². The van der Waals surface area contributed by atoms with Crippen LogP contribution < -0.4 is 0 Å². The summed E-state index contributed by atoms with van der Waals surface area (Å²) in [5.74, 6) is 0.497. The Morgan fingerprint density at radius 1 is 1.50 bits per heavy atom. The summed E-state index contributed by atoms with van der Waals surface area (Å²) in [6, 6.07) is 3.24. The van der Waals surface area contributed by atoms with Gasteiger partial charge in [-0.25, -0.2) is 9.97 Å². The molecule has 0 amide bonds. The van der Waals surface area contributed by atoms with Gasteiger partial charge in [0, 0.05) is 6.20 Å². The van der Waals surface area contributed by atoms with Gasteiger partial charge in [-0.2, -0.15) is 0 Å². The Balaban J connectivity index is 2.43. The largest absolute Gasteiger partial charge is 0.462 e. The van der Waals surface area contributed by atoms with Gasteiger partial charge in [-0.3, -0.25) is 4.79 Å². The molecular formula is C9H5ClN2O2. The molecule has 2 heterocycles. The van der Waals surface area contributed by atoms with E-state index >= 15 is 0 Å². The summed E-state index contributed by atoms with van der Waals surface area (Å²) in [6.07, 6.45) is 3.59. The molecule has 0 spiro atoms. The topological polar surface area (TPSA) is 56.0 Å². The van der Waals surface area contributed by atoms with Crippen LogP contribution in [0.5, 0.6) is 0 Å². The molecule has 0 bridgehead atoms. The highest BCUT2D eigenvalue weighted by molar-refractivity contribution is 6.28. The smallest absolute Gasteiger partial charge is 0.222 e. The minimum absolute atomic E-state index is 0.145. The molecule has 70 valence electrons. The predicted octanol–water partition coefficient (Wildman–Crippen LogP) is 2.20. The third-order valence-corrected chi connectivity index (χ3v) is 1.82. The Morgan fingerprint density at radius 2 is 2.36 bits per heavy atom. The molecule has 0 saturated carbocycles. The minimum Gasteiger partial charge on any atom is -0.462 e. The van der Waals surface area contributed by atoms with Crippen molar-refractivity contribution in [1.82, 2.24) is 9.97 Å². The van der Waals surface area contributed by atoms with Gasteiger partial charge in [0.2, 0.25) is 5.28 Å². The van der Waals surface area contributed by atoms with Crippen LogP contribution in [-0.2, 0) is 0 Å². The van der Waals surface area contributed by atoms with Crippen molar-refractivity contribution in [2.45, 2.75) is 0 Å². The van der Waals surface area contributed by atoms with Gasteiger partial charge >= 0.3 is 0 Å². The first-order valence-electron chi connectivity index (χ1n) is 3.82. The zero-order valence-electron chi connectivity index (χ0n) is 6.98. The predicted molar refractivity (Wildman–Crippen MR) is 50.1 cm³/mol. The highest BCUT2D eigenvalue weighted by Crippen LogP contribution is 2.19. The van der Waals surface area contributed by atoms with Crippen LogP contribution in [0.4, 0.5) is 0 Å². The fourth-order valence-electron chi connectivity index (χ4n) is 1.02. The molecule has 5 heteroatoms. The van der Waals surface area contributed by atoms with Crippen molar-refractivity contribution in [3.05, 3.63) is 35.4 Å². The molecule has 2 aromatic heterocycles. The van der Waals surface area contributed by atoms with Crippen LogP contribution in [0.2, 0.25) is 5.28 Å². The minimum atomic E-state index is 0.145. The second-order valence-electron chi connectivity index (χ2n) is 2.57. The van der Waals surface area contributed by atoms with Crippen molar-refractivity contribution in [3.63, 3.8) is 0 Å². The second kappa shape index (κ2) is 3.59. The van der Waals surface area contributed by atoms with Crippen LogP contribution in [-0.4, -0.2) is 16.3 Å². The summed E-state index contributed by atoms with van der Waals surface area (Å²) in [5, 5.41) is 0.145. The molecule has 4 nitrogen and oxygen atoms in total. The fraction of sp³-hybridized carbons (Fsp3) is 0. The van der Waals surface area contributed by atoms with Gasteiger partial charge in [-0.05, 0) is 23.7 Å². The molecule has 0 aromatic carbocycles. The molecule has 0 radical (unpaired) electrons. The van der Waals surface area contributed by atoms with Crippen LogP contribution in [0.3, 0.4) is 0 Å². The van der Waals surface area contributed by atoms with E-state index in [1.807, 2.05) is 0 Å². The average Bonchev–Trinajstić information content (AvgIpc) is 2.66. The average molecular weight is 209 g/mol. The summed E-state index contributed by atoms with van der Waals surface area (Å²) in [4.78, 5) is 18.1. The number of carbonyl (C=O) groups excluding carboxylic acids is 1. The summed E-state index contributed by atoms with van der Waals surface area (Å²) >= 11 is 5.60. The third kappa shape index (κ3) is 1.65. The van der Waals surface area contributed by atoms with E-state index in [0.717, 1.165) is 0 Å². The molecular weight excluding hydrogens is 204 g/mol. The van der Waals surface area contributed by atoms with Gasteiger partial charge < -0.3 is 4.42 Å². The Kier molecular flexibility index (Phi) is 2.28. The van der Waals surface area contributed by atoms with Gasteiger partial charge in [-0.1, -0.05) is 0 Å². The number of halogens is 1. The van der Waals surface area contributed by atoms with E-state index in [-0.39, 0.29) is 5.28 Å². The molecule has 0 unspecified atom stereocenters. The van der Waals surface area contributed by atoms with E-state index in [4.69, 9.17) is 16.0 Å². The van der Waals surface area contributed by atoms with Crippen LogP contribution >= 0.6 is 11.6 Å². The highest BCUT2D eigenvalue weighted by Gasteiger charge is 2.05. The zero-order valence-corrected chi connectivity index (χ0v) is 7.73. The van der Waals surface area contributed by atoms with E-state index in [2.05, 4.69) is 9.97 Å². The normalized spacial score (nSPS) is 10.1. The summed E-state index contributed by atoms with van der Waals surface area (Å²) in [7, 11) is 0. The van der Waals surface area contributed by atoms with Crippen LogP contribution in [0.25, 0.3) is 11.5 Å². The molecule has 14 heavy (non-hydrogen) atoms. The lowest BCUT2D eigenvalue weighted by Crippen LogP contribution is -1.84. The van der Waals surface area contributed by atoms with E-state index in [0.29, 0.717) is 23.3 Å². The van der Waals surface area contributed by atoms with Gasteiger partial charge in [0.25, 0.3) is 0 Å². The highest BCUT2D eigenvalue weighted by atomic mass is 35.5. The first-order valence-corrected chi connectivity index (χ1v) is 4.20. The quantitative estimate of drug-likeness (QED) is 0.561. The van der Waals surface area contributed by atoms with Gasteiger partial charge in [-0.15, -0.1) is 0 Å². The number of aldehydes is 1. The maximum atomic E-state index is 10.4. The molecule has 0 aliphatic heterocycles. The molecule has 0 aliphatic carbocycles. The molecule has 0 N–H and O–H groups in total. The van der Waals surface area contributed by atoms with Crippen molar-refractivity contribution in [2.75, 3.05) is 0 Å². The lowest BCUT2D eigenvalue weighted by Gasteiger charge is -1.93. The Morgan fingerprint density at radius 3 is 3.00 bits per heavy atom. The number of hydrogen-bond acceptors (Lipinski definition) is 4. The number of furan rings is 1.